The summed E-state index contributed by atoms with van der Waals surface area (Å²) in [5.41, 5.74) is 0.912. The lowest BCUT2D eigenvalue weighted by Crippen LogP contribution is -2.30. The van der Waals surface area contributed by atoms with Crippen molar-refractivity contribution in [1.82, 2.24) is 5.32 Å². The van der Waals surface area contributed by atoms with E-state index in [2.05, 4.69) is 31.3 Å². The van der Waals surface area contributed by atoms with Gasteiger partial charge in [-0.15, -0.1) is 0 Å². The van der Waals surface area contributed by atoms with Gasteiger partial charge in [0, 0.05) is 11.4 Å². The lowest BCUT2D eigenvalue weighted by atomic mass is 10.1. The first-order valence-electron chi connectivity index (χ1n) is 6.36. The summed E-state index contributed by atoms with van der Waals surface area (Å²) >= 11 is 0. The van der Waals surface area contributed by atoms with Gasteiger partial charge in [-0.05, 0) is 25.5 Å². The molecule has 2 atom stereocenters. The molecule has 0 bridgehead atoms. The Hall–Kier alpha value is -1.79. The highest BCUT2D eigenvalue weighted by Crippen LogP contribution is 2.24. The van der Waals surface area contributed by atoms with Gasteiger partial charge in [0.25, 0.3) is 0 Å². The maximum absolute atomic E-state index is 8.75. The number of furan rings is 1. The van der Waals surface area contributed by atoms with E-state index in [9.17, 15) is 0 Å². The molecule has 2 unspecified atom stereocenters. The molecule has 1 aromatic heterocycles. The number of benzene rings is 1. The van der Waals surface area contributed by atoms with Crippen molar-refractivity contribution in [3.8, 4) is 6.07 Å². The van der Waals surface area contributed by atoms with Crippen LogP contribution < -0.4 is 5.32 Å². The minimum atomic E-state index is 0.121. The SMILES string of the molecule is CCC(CC#N)NC(C)c1cc2ccccc2o1. The highest BCUT2D eigenvalue weighted by molar-refractivity contribution is 5.77. The Labute approximate surface area is 107 Å². The number of nitrogens with one attached hydrogen (secondary N) is 1. The molecule has 3 heteroatoms. The third kappa shape index (κ3) is 2.72. The van der Waals surface area contributed by atoms with E-state index >= 15 is 0 Å². The van der Waals surface area contributed by atoms with Crippen LogP contribution in [0.5, 0.6) is 0 Å². The Bertz CT molecular complexity index is 520. The van der Waals surface area contributed by atoms with E-state index in [-0.39, 0.29) is 12.1 Å². The largest absolute Gasteiger partial charge is 0.459 e. The van der Waals surface area contributed by atoms with E-state index in [0.29, 0.717) is 6.42 Å². The van der Waals surface area contributed by atoms with Crippen molar-refractivity contribution < 1.29 is 4.42 Å². The van der Waals surface area contributed by atoms with Crippen molar-refractivity contribution in [2.24, 2.45) is 0 Å². The van der Waals surface area contributed by atoms with Crippen LogP contribution >= 0.6 is 0 Å². The molecular formula is C15H18N2O. The average Bonchev–Trinajstić information content (AvgIpc) is 2.82. The third-order valence-electron chi connectivity index (χ3n) is 3.19. The van der Waals surface area contributed by atoms with Crippen LogP contribution in [0.15, 0.2) is 34.7 Å². The zero-order valence-electron chi connectivity index (χ0n) is 10.8. The van der Waals surface area contributed by atoms with Crippen LogP contribution in [0.3, 0.4) is 0 Å². The van der Waals surface area contributed by atoms with Crippen molar-refractivity contribution in [2.45, 2.75) is 38.8 Å². The van der Waals surface area contributed by atoms with Gasteiger partial charge in [0.1, 0.15) is 11.3 Å². The second kappa shape index (κ2) is 5.70. The van der Waals surface area contributed by atoms with Crippen LogP contribution in [0.25, 0.3) is 11.0 Å². The first-order valence-corrected chi connectivity index (χ1v) is 6.36. The lowest BCUT2D eigenvalue weighted by Gasteiger charge is -2.18. The van der Waals surface area contributed by atoms with E-state index in [1.165, 1.54) is 0 Å². The first kappa shape index (κ1) is 12.7. The molecule has 0 aliphatic heterocycles. The Morgan fingerprint density at radius 1 is 1.39 bits per heavy atom. The van der Waals surface area contributed by atoms with Crippen LogP contribution in [-0.4, -0.2) is 6.04 Å². The van der Waals surface area contributed by atoms with Gasteiger partial charge < -0.3 is 9.73 Å². The molecule has 0 aliphatic rings. The fourth-order valence-corrected chi connectivity index (χ4v) is 2.08. The van der Waals surface area contributed by atoms with Gasteiger partial charge >= 0.3 is 0 Å². The van der Waals surface area contributed by atoms with Crippen molar-refractivity contribution in [3.63, 3.8) is 0 Å². The molecule has 2 rings (SSSR count). The van der Waals surface area contributed by atoms with Crippen molar-refractivity contribution in [2.75, 3.05) is 0 Å². The molecule has 3 nitrogen and oxygen atoms in total. The summed E-state index contributed by atoms with van der Waals surface area (Å²) in [5.74, 6) is 0.924. The summed E-state index contributed by atoms with van der Waals surface area (Å²) < 4.78 is 5.81. The maximum atomic E-state index is 8.75. The Morgan fingerprint density at radius 3 is 2.83 bits per heavy atom. The number of rotatable bonds is 5. The molecule has 0 aliphatic carbocycles. The quantitative estimate of drug-likeness (QED) is 0.868. The maximum Gasteiger partial charge on any atom is 0.134 e. The highest BCUT2D eigenvalue weighted by atomic mass is 16.3. The number of para-hydroxylation sites is 1. The number of fused-ring (bicyclic) bond motifs is 1. The fourth-order valence-electron chi connectivity index (χ4n) is 2.08. The number of nitrogens with zero attached hydrogens (tertiary/aromatic N) is 1. The molecule has 0 spiro atoms. The van der Waals surface area contributed by atoms with E-state index < -0.39 is 0 Å². The molecule has 1 N–H and O–H groups in total. The van der Waals surface area contributed by atoms with Gasteiger partial charge in [0.05, 0.1) is 18.5 Å². The van der Waals surface area contributed by atoms with Gasteiger partial charge in [0.2, 0.25) is 0 Å². The molecule has 18 heavy (non-hydrogen) atoms. The Morgan fingerprint density at radius 2 is 2.17 bits per heavy atom. The highest BCUT2D eigenvalue weighted by Gasteiger charge is 2.15. The zero-order chi connectivity index (χ0) is 13.0. The van der Waals surface area contributed by atoms with Crippen LogP contribution in [-0.2, 0) is 0 Å². The average molecular weight is 242 g/mol. The zero-order valence-corrected chi connectivity index (χ0v) is 10.8. The minimum absolute atomic E-state index is 0.121. The van der Waals surface area contributed by atoms with Crippen molar-refractivity contribution >= 4 is 11.0 Å². The standard InChI is InChI=1S/C15H18N2O/c1-3-13(8-9-16)17-11(2)15-10-12-6-4-5-7-14(12)18-15/h4-7,10-11,13,17H,3,8H2,1-2H3. The predicted molar refractivity (Wildman–Crippen MR) is 72.1 cm³/mol. The van der Waals surface area contributed by atoms with Gasteiger partial charge in [-0.25, -0.2) is 0 Å². The van der Waals surface area contributed by atoms with Crippen LogP contribution in [0.2, 0.25) is 0 Å². The van der Waals surface area contributed by atoms with Crippen molar-refractivity contribution in [3.05, 3.63) is 36.1 Å². The summed E-state index contributed by atoms with van der Waals surface area (Å²) in [6.07, 6.45) is 1.47. The van der Waals surface area contributed by atoms with E-state index in [4.69, 9.17) is 9.68 Å². The molecule has 0 amide bonds. The van der Waals surface area contributed by atoms with Gasteiger partial charge in [-0.2, -0.15) is 5.26 Å². The smallest absolute Gasteiger partial charge is 0.134 e. The fraction of sp³-hybridized carbons (Fsp3) is 0.400. The summed E-state index contributed by atoms with van der Waals surface area (Å²) in [4.78, 5) is 0. The molecule has 0 saturated heterocycles. The number of hydrogen-bond donors (Lipinski definition) is 1. The summed E-state index contributed by atoms with van der Waals surface area (Å²) in [6.45, 7) is 4.15. The van der Waals surface area contributed by atoms with Crippen LogP contribution in [0.1, 0.15) is 38.5 Å². The predicted octanol–water partition coefficient (Wildman–Crippen LogP) is 3.78. The minimum Gasteiger partial charge on any atom is -0.459 e. The van der Waals surface area contributed by atoms with Crippen LogP contribution in [0, 0.1) is 11.3 Å². The van der Waals surface area contributed by atoms with Gasteiger partial charge in [-0.3, -0.25) is 0 Å². The molecule has 0 radical (unpaired) electrons. The summed E-state index contributed by atoms with van der Waals surface area (Å²) in [5, 5.41) is 13.3. The molecule has 0 saturated carbocycles. The summed E-state index contributed by atoms with van der Waals surface area (Å²) in [7, 11) is 0. The topological polar surface area (TPSA) is 49.0 Å². The summed E-state index contributed by atoms with van der Waals surface area (Å²) in [6, 6.07) is 12.6. The van der Waals surface area contributed by atoms with E-state index in [1.54, 1.807) is 0 Å². The first-order chi connectivity index (χ1) is 8.74. The molecule has 1 aromatic carbocycles. The molecular weight excluding hydrogens is 224 g/mol. The molecule has 1 heterocycles. The van der Waals surface area contributed by atoms with Gasteiger partial charge in [-0.1, -0.05) is 25.1 Å². The second-order valence-electron chi connectivity index (χ2n) is 4.54. The van der Waals surface area contributed by atoms with Crippen LogP contribution in [0.4, 0.5) is 0 Å². The molecule has 94 valence electrons. The lowest BCUT2D eigenvalue weighted by molar-refractivity contribution is 0.394. The monoisotopic (exact) mass is 242 g/mol. The Kier molecular flexibility index (Phi) is 4.01. The number of nitriles is 1. The van der Waals surface area contributed by atoms with Gasteiger partial charge in [0.15, 0.2) is 0 Å². The number of hydrogen-bond acceptors (Lipinski definition) is 3. The third-order valence-corrected chi connectivity index (χ3v) is 3.19. The van der Waals surface area contributed by atoms with E-state index in [1.807, 2.05) is 24.3 Å². The Balaban J connectivity index is 2.13. The normalized spacial score (nSPS) is 14.3. The molecule has 2 aromatic rings. The van der Waals surface area contributed by atoms with Crippen molar-refractivity contribution in [1.29, 1.82) is 5.26 Å². The second-order valence-corrected chi connectivity index (χ2v) is 4.54. The van der Waals surface area contributed by atoms with E-state index in [0.717, 1.165) is 23.2 Å². The molecule has 0 fully saturated rings.